The number of hydrogen-bond donors (Lipinski definition) is 2. The highest BCUT2D eigenvalue weighted by Crippen LogP contribution is 2.34. The van der Waals surface area contributed by atoms with Crippen molar-refractivity contribution in [2.45, 2.75) is 13.0 Å². The van der Waals surface area contributed by atoms with E-state index in [1.807, 2.05) is 31.2 Å². The second kappa shape index (κ2) is 5.32. The Labute approximate surface area is 116 Å². The molecule has 6 heteroatoms. The van der Waals surface area contributed by atoms with E-state index in [0.29, 0.717) is 19.1 Å². The Balaban J connectivity index is 1.83. The zero-order chi connectivity index (χ0) is 13.9. The fourth-order valence-corrected chi connectivity index (χ4v) is 2.16. The lowest BCUT2D eigenvalue weighted by molar-refractivity contribution is 0.339. The molecule has 1 aromatic heterocycles. The largest absolute Gasteiger partial charge is 0.491 e. The van der Waals surface area contributed by atoms with Crippen molar-refractivity contribution in [2.24, 2.45) is 0 Å². The lowest BCUT2D eigenvalue weighted by Gasteiger charge is -2.13. The van der Waals surface area contributed by atoms with E-state index >= 15 is 0 Å². The Bertz CT molecular complexity index is 620. The molecule has 0 aliphatic carbocycles. The van der Waals surface area contributed by atoms with Gasteiger partial charge in [0.25, 0.3) is 0 Å². The fourth-order valence-electron chi connectivity index (χ4n) is 2.16. The van der Waals surface area contributed by atoms with Gasteiger partial charge in [-0.3, -0.25) is 0 Å². The van der Waals surface area contributed by atoms with Crippen molar-refractivity contribution < 1.29 is 9.13 Å². The van der Waals surface area contributed by atoms with Gasteiger partial charge in [0.1, 0.15) is 12.4 Å². The van der Waals surface area contributed by atoms with Crippen molar-refractivity contribution in [1.29, 1.82) is 0 Å². The second-order valence-corrected chi connectivity index (χ2v) is 4.47. The molecule has 0 bridgehead atoms. The molecule has 5 nitrogen and oxygen atoms in total. The molecule has 1 aromatic carbocycles. The quantitative estimate of drug-likeness (QED) is 0.897. The van der Waals surface area contributed by atoms with Crippen LogP contribution < -0.4 is 15.4 Å². The van der Waals surface area contributed by atoms with Crippen LogP contribution in [-0.4, -0.2) is 23.1 Å². The van der Waals surface area contributed by atoms with Crippen LogP contribution in [0.2, 0.25) is 0 Å². The van der Waals surface area contributed by atoms with Crippen molar-refractivity contribution in [3.63, 3.8) is 0 Å². The summed E-state index contributed by atoms with van der Waals surface area (Å²) in [5.74, 6) is 0.937. The van der Waals surface area contributed by atoms with E-state index in [4.69, 9.17) is 4.74 Å². The third-order valence-corrected chi connectivity index (χ3v) is 3.09. The van der Waals surface area contributed by atoms with Crippen LogP contribution in [0.5, 0.6) is 5.75 Å². The zero-order valence-corrected chi connectivity index (χ0v) is 11.1. The van der Waals surface area contributed by atoms with E-state index in [9.17, 15) is 4.39 Å². The summed E-state index contributed by atoms with van der Waals surface area (Å²) in [6.45, 7) is 3.07. The number of nitrogens with zero attached hydrogens (tertiary/aromatic N) is 2. The van der Waals surface area contributed by atoms with Crippen LogP contribution in [0.25, 0.3) is 0 Å². The van der Waals surface area contributed by atoms with Crippen LogP contribution in [0, 0.1) is 5.82 Å². The number of benzene rings is 1. The average molecular weight is 274 g/mol. The molecule has 0 saturated carbocycles. The van der Waals surface area contributed by atoms with Crippen LogP contribution in [0.3, 0.4) is 0 Å². The van der Waals surface area contributed by atoms with Gasteiger partial charge in [0.15, 0.2) is 11.6 Å². The highest BCUT2D eigenvalue weighted by Gasteiger charge is 2.24. The molecule has 1 aliphatic rings. The summed E-state index contributed by atoms with van der Waals surface area (Å²) in [7, 11) is 0. The smallest absolute Gasteiger partial charge is 0.224 e. The molecule has 0 spiro atoms. The minimum absolute atomic E-state index is 0.106. The first-order valence-corrected chi connectivity index (χ1v) is 6.52. The summed E-state index contributed by atoms with van der Waals surface area (Å²) >= 11 is 0. The highest BCUT2D eigenvalue weighted by atomic mass is 19.1. The summed E-state index contributed by atoms with van der Waals surface area (Å²) < 4.78 is 19.3. The maximum atomic E-state index is 13.8. The number of para-hydroxylation sites is 1. The summed E-state index contributed by atoms with van der Waals surface area (Å²) in [6.07, 6.45) is 1.16. The molecule has 1 aliphatic heterocycles. The van der Waals surface area contributed by atoms with Gasteiger partial charge in [-0.05, 0) is 13.0 Å². The van der Waals surface area contributed by atoms with Gasteiger partial charge in [0.2, 0.25) is 5.95 Å². The van der Waals surface area contributed by atoms with Gasteiger partial charge in [-0.25, -0.2) is 9.37 Å². The fraction of sp³-hybridized carbons (Fsp3) is 0.286. The Kier molecular flexibility index (Phi) is 3.37. The summed E-state index contributed by atoms with van der Waals surface area (Å²) in [5.41, 5.74) is 1.01. The molecule has 20 heavy (non-hydrogen) atoms. The molecular weight excluding hydrogens is 259 g/mol. The van der Waals surface area contributed by atoms with Crippen molar-refractivity contribution in [3.8, 4) is 5.75 Å². The van der Waals surface area contributed by atoms with Crippen molar-refractivity contribution in [1.82, 2.24) is 9.97 Å². The Morgan fingerprint density at radius 3 is 3.10 bits per heavy atom. The minimum Gasteiger partial charge on any atom is -0.491 e. The number of ether oxygens (including phenoxy) is 1. The monoisotopic (exact) mass is 274 g/mol. The molecule has 0 fully saturated rings. The second-order valence-electron chi connectivity index (χ2n) is 4.47. The lowest BCUT2D eigenvalue weighted by Crippen LogP contribution is -2.15. The maximum Gasteiger partial charge on any atom is 0.224 e. The summed E-state index contributed by atoms with van der Waals surface area (Å²) in [5, 5.41) is 6.03. The van der Waals surface area contributed by atoms with E-state index in [-0.39, 0.29) is 11.9 Å². The van der Waals surface area contributed by atoms with Gasteiger partial charge in [-0.2, -0.15) is 4.98 Å². The molecule has 1 atom stereocenters. The van der Waals surface area contributed by atoms with Crippen LogP contribution in [0.15, 0.2) is 30.5 Å². The molecule has 0 saturated heterocycles. The highest BCUT2D eigenvalue weighted by molar-refractivity contribution is 5.48. The van der Waals surface area contributed by atoms with E-state index in [2.05, 4.69) is 20.6 Å². The van der Waals surface area contributed by atoms with Crippen molar-refractivity contribution in [3.05, 3.63) is 41.8 Å². The van der Waals surface area contributed by atoms with Crippen LogP contribution in [0.1, 0.15) is 18.5 Å². The molecule has 0 radical (unpaired) electrons. The van der Waals surface area contributed by atoms with Gasteiger partial charge < -0.3 is 15.4 Å². The summed E-state index contributed by atoms with van der Waals surface area (Å²) in [4.78, 5) is 8.01. The predicted octanol–water partition coefficient (Wildman–Crippen LogP) is 2.59. The topological polar surface area (TPSA) is 59.1 Å². The molecule has 2 N–H and O–H groups in total. The van der Waals surface area contributed by atoms with Gasteiger partial charge in [0, 0.05) is 12.1 Å². The number of rotatable bonds is 4. The molecule has 2 aromatic rings. The van der Waals surface area contributed by atoms with E-state index in [1.54, 1.807) is 0 Å². The van der Waals surface area contributed by atoms with Gasteiger partial charge in [-0.1, -0.05) is 18.2 Å². The number of aromatic nitrogens is 2. The van der Waals surface area contributed by atoms with Gasteiger partial charge in [0.05, 0.1) is 12.2 Å². The zero-order valence-electron chi connectivity index (χ0n) is 11.1. The van der Waals surface area contributed by atoms with Crippen LogP contribution in [0.4, 0.5) is 16.2 Å². The molecule has 2 heterocycles. The van der Waals surface area contributed by atoms with Crippen molar-refractivity contribution in [2.75, 3.05) is 23.8 Å². The molecule has 3 rings (SSSR count). The molecular formula is C14H15FN4O. The standard InChI is InChI=1S/C14H15FN4O/c1-2-16-14-17-7-10(15)13(19-14)18-11-8-20-12-6-4-3-5-9(11)12/h3-7,11H,2,8H2,1H3,(H2,16,17,18,19). The van der Waals surface area contributed by atoms with Gasteiger partial charge >= 0.3 is 0 Å². The maximum absolute atomic E-state index is 13.8. The molecule has 1 unspecified atom stereocenters. The Morgan fingerprint density at radius 1 is 1.40 bits per heavy atom. The number of fused-ring (bicyclic) bond motifs is 1. The van der Waals surface area contributed by atoms with Crippen LogP contribution in [-0.2, 0) is 0 Å². The Hall–Kier alpha value is -2.37. The predicted molar refractivity (Wildman–Crippen MR) is 74.5 cm³/mol. The molecule has 104 valence electrons. The minimum atomic E-state index is -0.476. The van der Waals surface area contributed by atoms with E-state index < -0.39 is 5.82 Å². The third-order valence-electron chi connectivity index (χ3n) is 3.09. The SMILES string of the molecule is CCNc1ncc(F)c(NC2COc3ccccc32)n1. The average Bonchev–Trinajstić information content (AvgIpc) is 2.86. The first-order valence-electron chi connectivity index (χ1n) is 6.52. The number of hydrogen-bond acceptors (Lipinski definition) is 5. The Morgan fingerprint density at radius 2 is 2.25 bits per heavy atom. The number of anilines is 2. The summed E-state index contributed by atoms with van der Waals surface area (Å²) in [6, 6.07) is 7.60. The number of nitrogens with one attached hydrogen (secondary N) is 2. The lowest BCUT2D eigenvalue weighted by atomic mass is 10.1. The normalized spacial score (nSPS) is 16.4. The van der Waals surface area contributed by atoms with Crippen molar-refractivity contribution >= 4 is 11.8 Å². The first-order chi connectivity index (χ1) is 9.78. The number of halogens is 1. The first kappa shape index (κ1) is 12.7. The molecule has 0 amide bonds. The van der Waals surface area contributed by atoms with E-state index in [0.717, 1.165) is 17.5 Å². The van der Waals surface area contributed by atoms with Crippen LogP contribution >= 0.6 is 0 Å². The third kappa shape index (κ3) is 2.36. The van der Waals surface area contributed by atoms with E-state index in [1.165, 1.54) is 0 Å². The van der Waals surface area contributed by atoms with Gasteiger partial charge in [-0.15, -0.1) is 0 Å².